The molecule has 10 heteroatoms. The first-order valence-electron chi connectivity index (χ1n) is 10.9. The summed E-state index contributed by atoms with van der Waals surface area (Å²) in [5, 5.41) is 10.9. The molecule has 4 rings (SSSR count). The normalized spacial score (nSPS) is 10.9. The van der Waals surface area contributed by atoms with Crippen LogP contribution in [0.5, 0.6) is 0 Å². The molecule has 2 aromatic heterocycles. The number of nitrogens with zero attached hydrogens (tertiary/aromatic N) is 5. The highest BCUT2D eigenvalue weighted by Gasteiger charge is 2.20. The first-order chi connectivity index (χ1) is 16.4. The van der Waals surface area contributed by atoms with Crippen molar-refractivity contribution < 1.29 is 9.32 Å². The van der Waals surface area contributed by atoms with Gasteiger partial charge < -0.3 is 9.84 Å². The third kappa shape index (κ3) is 4.85. The van der Waals surface area contributed by atoms with Crippen LogP contribution < -0.4 is 16.6 Å². The Morgan fingerprint density at radius 3 is 2.29 bits per heavy atom. The first kappa shape index (κ1) is 22.8. The van der Waals surface area contributed by atoms with Gasteiger partial charge in [0.15, 0.2) is 5.69 Å². The van der Waals surface area contributed by atoms with Crippen LogP contribution in [0.1, 0.15) is 30.4 Å². The molecule has 4 aromatic rings. The summed E-state index contributed by atoms with van der Waals surface area (Å²) in [5.41, 5.74) is 2.05. The van der Waals surface area contributed by atoms with E-state index in [2.05, 4.69) is 20.6 Å². The number of benzene rings is 2. The first-order valence-corrected chi connectivity index (χ1v) is 10.9. The number of aryl methyl sites for hydroxylation is 3. The van der Waals surface area contributed by atoms with Crippen molar-refractivity contribution in [2.45, 2.75) is 40.2 Å². The van der Waals surface area contributed by atoms with E-state index in [0.717, 1.165) is 20.4 Å². The molecule has 1 N–H and O–H groups in total. The fraction of sp³-hybridized carbons (Fsp3) is 0.250. The van der Waals surface area contributed by atoms with Gasteiger partial charge in [-0.15, -0.1) is 0 Å². The summed E-state index contributed by atoms with van der Waals surface area (Å²) in [5.74, 6) is -0.0589. The molecule has 0 radical (unpaired) electrons. The minimum Gasteiger partial charge on any atom is -0.339 e. The highest BCUT2D eigenvalue weighted by molar-refractivity contribution is 5.90. The standard InChI is InChI=1S/C24H24N6O4/c1-4-29-23(32)21(27-30(24(29)33)18-11-7-16(3)8-12-18)22-26-20(34-28-22)14-13-19(31)25-17-9-5-15(2)6-10-17/h5-12H,4,13-14H2,1-3H3,(H,25,31). The molecule has 2 aromatic carbocycles. The van der Waals surface area contributed by atoms with Crippen molar-refractivity contribution in [2.24, 2.45) is 0 Å². The average molecular weight is 460 g/mol. The maximum Gasteiger partial charge on any atom is 0.352 e. The van der Waals surface area contributed by atoms with Gasteiger partial charge in [0.25, 0.3) is 5.56 Å². The molecule has 0 bridgehead atoms. The van der Waals surface area contributed by atoms with Crippen LogP contribution >= 0.6 is 0 Å². The Morgan fingerprint density at radius 1 is 1.00 bits per heavy atom. The van der Waals surface area contributed by atoms with Crippen LogP contribution in [0.4, 0.5) is 5.69 Å². The molecule has 0 fully saturated rings. The van der Waals surface area contributed by atoms with E-state index in [9.17, 15) is 14.4 Å². The lowest BCUT2D eigenvalue weighted by molar-refractivity contribution is -0.116. The number of carbonyl (C=O) groups excluding carboxylic acids is 1. The van der Waals surface area contributed by atoms with Gasteiger partial charge >= 0.3 is 5.69 Å². The predicted octanol–water partition coefficient (Wildman–Crippen LogP) is 2.65. The van der Waals surface area contributed by atoms with Crippen LogP contribution in [-0.4, -0.2) is 30.4 Å². The van der Waals surface area contributed by atoms with E-state index in [0.29, 0.717) is 11.4 Å². The molecule has 0 unspecified atom stereocenters. The molecule has 0 aliphatic heterocycles. The monoisotopic (exact) mass is 460 g/mol. The summed E-state index contributed by atoms with van der Waals surface area (Å²) in [6, 6.07) is 14.6. The van der Waals surface area contributed by atoms with E-state index >= 15 is 0 Å². The topological polar surface area (TPSA) is 125 Å². The highest BCUT2D eigenvalue weighted by atomic mass is 16.5. The Kier molecular flexibility index (Phi) is 6.48. The highest BCUT2D eigenvalue weighted by Crippen LogP contribution is 2.13. The van der Waals surface area contributed by atoms with Gasteiger partial charge in [-0.3, -0.25) is 14.2 Å². The molecule has 174 valence electrons. The second-order valence-corrected chi connectivity index (χ2v) is 7.85. The lowest BCUT2D eigenvalue weighted by Crippen LogP contribution is -2.41. The second-order valence-electron chi connectivity index (χ2n) is 7.85. The molecule has 10 nitrogen and oxygen atoms in total. The van der Waals surface area contributed by atoms with Crippen molar-refractivity contribution in [2.75, 3.05) is 5.32 Å². The number of anilines is 1. The van der Waals surface area contributed by atoms with Crippen LogP contribution in [0, 0.1) is 13.8 Å². The SMILES string of the molecule is CCn1c(=O)c(-c2noc(CCC(=O)Nc3ccc(C)cc3)n2)nn(-c2ccc(C)cc2)c1=O. The maximum absolute atomic E-state index is 12.9. The van der Waals surface area contributed by atoms with E-state index in [1.54, 1.807) is 19.1 Å². The largest absolute Gasteiger partial charge is 0.352 e. The van der Waals surface area contributed by atoms with Gasteiger partial charge in [-0.05, 0) is 45.0 Å². The number of aromatic nitrogens is 5. The molecular formula is C24H24N6O4. The minimum absolute atomic E-state index is 0.0398. The van der Waals surface area contributed by atoms with E-state index < -0.39 is 11.2 Å². The summed E-state index contributed by atoms with van der Waals surface area (Å²) in [7, 11) is 0. The quantitative estimate of drug-likeness (QED) is 0.449. The van der Waals surface area contributed by atoms with E-state index in [4.69, 9.17) is 4.52 Å². The average Bonchev–Trinajstić information content (AvgIpc) is 3.29. The van der Waals surface area contributed by atoms with Crippen molar-refractivity contribution >= 4 is 11.6 Å². The Balaban J connectivity index is 1.56. The van der Waals surface area contributed by atoms with E-state index in [1.165, 1.54) is 0 Å². The van der Waals surface area contributed by atoms with Gasteiger partial charge in [0.2, 0.25) is 17.6 Å². The van der Waals surface area contributed by atoms with Gasteiger partial charge in [-0.2, -0.15) is 14.8 Å². The fourth-order valence-corrected chi connectivity index (χ4v) is 3.32. The van der Waals surface area contributed by atoms with Crippen molar-refractivity contribution in [1.82, 2.24) is 24.5 Å². The Morgan fingerprint density at radius 2 is 1.65 bits per heavy atom. The van der Waals surface area contributed by atoms with Gasteiger partial charge in [-0.25, -0.2) is 4.79 Å². The van der Waals surface area contributed by atoms with Crippen LogP contribution in [0.15, 0.2) is 62.6 Å². The molecule has 0 spiro atoms. The Bertz CT molecular complexity index is 1430. The van der Waals surface area contributed by atoms with Crippen LogP contribution in [0.3, 0.4) is 0 Å². The van der Waals surface area contributed by atoms with Crippen molar-refractivity contribution in [3.8, 4) is 17.2 Å². The molecule has 1 amide bonds. The van der Waals surface area contributed by atoms with Crippen molar-refractivity contribution in [3.63, 3.8) is 0 Å². The zero-order valence-corrected chi connectivity index (χ0v) is 19.1. The minimum atomic E-state index is -0.611. The van der Waals surface area contributed by atoms with E-state index in [-0.39, 0.29) is 42.7 Å². The van der Waals surface area contributed by atoms with Crippen LogP contribution in [-0.2, 0) is 17.8 Å². The predicted molar refractivity (Wildman–Crippen MR) is 126 cm³/mol. The number of carbonyl (C=O) groups is 1. The lowest BCUT2D eigenvalue weighted by Gasteiger charge is -2.09. The zero-order valence-electron chi connectivity index (χ0n) is 19.1. The van der Waals surface area contributed by atoms with Crippen molar-refractivity contribution in [3.05, 3.63) is 86.4 Å². The number of hydrogen-bond donors (Lipinski definition) is 1. The third-order valence-corrected chi connectivity index (χ3v) is 5.24. The molecule has 0 saturated carbocycles. The fourth-order valence-electron chi connectivity index (χ4n) is 3.32. The smallest absolute Gasteiger partial charge is 0.339 e. The summed E-state index contributed by atoms with van der Waals surface area (Å²) in [4.78, 5) is 42.1. The summed E-state index contributed by atoms with van der Waals surface area (Å²) in [6.45, 7) is 5.75. The summed E-state index contributed by atoms with van der Waals surface area (Å²) in [6.07, 6.45) is 0.301. The van der Waals surface area contributed by atoms with Gasteiger partial charge in [0, 0.05) is 25.1 Å². The molecule has 34 heavy (non-hydrogen) atoms. The maximum atomic E-state index is 12.9. The van der Waals surface area contributed by atoms with Gasteiger partial charge in [-0.1, -0.05) is 40.5 Å². The Hall–Kier alpha value is -4.34. The number of rotatable bonds is 7. The molecule has 0 aliphatic rings. The van der Waals surface area contributed by atoms with Crippen molar-refractivity contribution in [1.29, 1.82) is 0 Å². The molecular weight excluding hydrogens is 436 g/mol. The lowest BCUT2D eigenvalue weighted by atomic mass is 10.2. The number of hydrogen-bond acceptors (Lipinski definition) is 7. The van der Waals surface area contributed by atoms with Crippen LogP contribution in [0.25, 0.3) is 17.2 Å². The number of amides is 1. The second kappa shape index (κ2) is 9.65. The molecule has 0 atom stereocenters. The van der Waals surface area contributed by atoms with Gasteiger partial charge in [0.05, 0.1) is 5.69 Å². The molecule has 0 saturated heterocycles. The molecule has 2 heterocycles. The Labute approximate surface area is 194 Å². The summed E-state index contributed by atoms with van der Waals surface area (Å²) >= 11 is 0. The summed E-state index contributed by atoms with van der Waals surface area (Å²) < 4.78 is 7.45. The number of nitrogens with one attached hydrogen (secondary N) is 1. The third-order valence-electron chi connectivity index (χ3n) is 5.24. The zero-order chi connectivity index (χ0) is 24.2. The van der Waals surface area contributed by atoms with Crippen LogP contribution in [0.2, 0.25) is 0 Å². The van der Waals surface area contributed by atoms with Gasteiger partial charge in [0.1, 0.15) is 0 Å². The van der Waals surface area contributed by atoms with E-state index in [1.807, 2.05) is 50.2 Å². The molecule has 0 aliphatic carbocycles.